The van der Waals surface area contributed by atoms with E-state index in [-0.39, 0.29) is 17.3 Å². The van der Waals surface area contributed by atoms with E-state index >= 15 is 0 Å². The van der Waals surface area contributed by atoms with Gasteiger partial charge in [0.15, 0.2) is 0 Å². The number of urea groups is 1. The summed E-state index contributed by atoms with van der Waals surface area (Å²) in [5, 5.41) is 6.90. The van der Waals surface area contributed by atoms with E-state index in [1.165, 1.54) is 25.4 Å². The third-order valence-electron chi connectivity index (χ3n) is 4.38. The summed E-state index contributed by atoms with van der Waals surface area (Å²) < 4.78 is 44.7. The second-order valence-electron chi connectivity index (χ2n) is 6.81. The van der Waals surface area contributed by atoms with E-state index < -0.39 is 22.8 Å². The second kappa shape index (κ2) is 9.78. The minimum absolute atomic E-state index is 0.0643. The Morgan fingerprint density at radius 2 is 1.67 bits per heavy atom. The van der Waals surface area contributed by atoms with E-state index in [2.05, 4.69) is 20.9 Å². The fraction of sp³-hybridized carbons (Fsp3) is 0.136. The summed E-state index contributed by atoms with van der Waals surface area (Å²) >= 11 is 5.59. The molecule has 33 heavy (non-hydrogen) atoms. The van der Waals surface area contributed by atoms with Crippen LogP contribution in [0.2, 0.25) is 5.02 Å². The highest BCUT2D eigenvalue weighted by atomic mass is 35.5. The van der Waals surface area contributed by atoms with Crippen molar-refractivity contribution < 1.29 is 27.5 Å². The molecule has 0 spiro atoms. The van der Waals surface area contributed by atoms with Crippen LogP contribution in [-0.4, -0.2) is 24.0 Å². The Kier molecular flexibility index (Phi) is 7.07. The summed E-state index contributed by atoms with van der Waals surface area (Å²) in [6.45, 7) is 1.74. The van der Waals surface area contributed by atoms with Crippen molar-refractivity contribution in [1.29, 1.82) is 0 Å². The van der Waals surface area contributed by atoms with Gasteiger partial charge < -0.3 is 20.7 Å². The maximum Gasteiger partial charge on any atom is 0.417 e. The van der Waals surface area contributed by atoms with Gasteiger partial charge in [0.2, 0.25) is 0 Å². The summed E-state index contributed by atoms with van der Waals surface area (Å²) in [5.41, 5.74) is 0.138. The summed E-state index contributed by atoms with van der Waals surface area (Å²) in [4.78, 5) is 27.9. The molecule has 11 heteroatoms. The van der Waals surface area contributed by atoms with Gasteiger partial charge in [0.05, 0.1) is 10.6 Å². The Morgan fingerprint density at radius 3 is 2.30 bits per heavy atom. The Bertz CT molecular complexity index is 1200. The molecule has 0 aliphatic heterocycles. The quantitative estimate of drug-likeness (QED) is 0.428. The Labute approximate surface area is 191 Å². The van der Waals surface area contributed by atoms with Crippen LogP contribution in [0.1, 0.15) is 21.6 Å². The first-order valence-electron chi connectivity index (χ1n) is 9.48. The lowest BCUT2D eigenvalue weighted by molar-refractivity contribution is -0.137. The average molecular weight is 479 g/mol. The summed E-state index contributed by atoms with van der Waals surface area (Å²) in [7, 11) is 1.49. The van der Waals surface area contributed by atoms with Crippen molar-refractivity contribution in [3.63, 3.8) is 0 Å². The van der Waals surface area contributed by atoms with Crippen LogP contribution in [0.25, 0.3) is 0 Å². The fourth-order valence-corrected chi connectivity index (χ4v) is 3.03. The van der Waals surface area contributed by atoms with Gasteiger partial charge in [-0.3, -0.25) is 9.78 Å². The van der Waals surface area contributed by atoms with Gasteiger partial charge >= 0.3 is 12.2 Å². The van der Waals surface area contributed by atoms with Gasteiger partial charge in [0.1, 0.15) is 17.2 Å². The lowest BCUT2D eigenvalue weighted by Crippen LogP contribution is -2.20. The SMILES string of the molecule is CNC(=O)c1cc(Oc2ccc(NC(=O)Nc3ccc(Cl)c(C(F)(F)F)c3)cc2C)ccn1. The predicted octanol–water partition coefficient (Wildman–Crippen LogP) is 5.86. The maximum absolute atomic E-state index is 13.0. The molecule has 3 N–H and O–H groups in total. The highest BCUT2D eigenvalue weighted by molar-refractivity contribution is 6.31. The van der Waals surface area contributed by atoms with Gasteiger partial charge in [-0.25, -0.2) is 4.79 Å². The number of carbonyl (C=O) groups excluding carboxylic acids is 2. The van der Waals surface area contributed by atoms with Gasteiger partial charge in [-0.05, 0) is 55.0 Å². The molecule has 1 heterocycles. The van der Waals surface area contributed by atoms with Crippen LogP contribution in [0.15, 0.2) is 54.7 Å². The molecule has 0 radical (unpaired) electrons. The van der Waals surface area contributed by atoms with Crippen LogP contribution < -0.4 is 20.7 Å². The zero-order valence-electron chi connectivity index (χ0n) is 17.4. The minimum Gasteiger partial charge on any atom is -0.457 e. The minimum atomic E-state index is -4.64. The van der Waals surface area contributed by atoms with Gasteiger partial charge in [-0.15, -0.1) is 0 Å². The predicted molar refractivity (Wildman–Crippen MR) is 118 cm³/mol. The monoisotopic (exact) mass is 478 g/mol. The van der Waals surface area contributed by atoms with Crippen LogP contribution in [0, 0.1) is 6.92 Å². The molecule has 0 unspecified atom stereocenters. The molecular weight excluding hydrogens is 461 g/mol. The largest absolute Gasteiger partial charge is 0.457 e. The van der Waals surface area contributed by atoms with Gasteiger partial charge in [-0.2, -0.15) is 13.2 Å². The number of carbonyl (C=O) groups is 2. The summed E-state index contributed by atoms with van der Waals surface area (Å²) in [6.07, 6.45) is -3.20. The Balaban J connectivity index is 1.68. The number of halogens is 4. The number of hydrogen-bond donors (Lipinski definition) is 3. The molecule has 0 saturated carbocycles. The average Bonchev–Trinajstić information content (AvgIpc) is 2.76. The molecule has 0 saturated heterocycles. The molecule has 3 aromatic rings. The number of nitrogens with zero attached hydrogens (tertiary/aromatic N) is 1. The molecule has 1 aromatic heterocycles. The zero-order chi connectivity index (χ0) is 24.2. The van der Waals surface area contributed by atoms with Crippen LogP contribution in [0.5, 0.6) is 11.5 Å². The molecule has 3 rings (SSSR count). The molecule has 0 aliphatic rings. The standard InChI is InChI=1S/C22H18ClF3N4O3/c1-12-9-13(4-6-19(12)33-15-7-8-28-18(11-15)20(31)27-2)29-21(32)30-14-3-5-17(23)16(10-14)22(24,25)26/h3-11H,1-2H3,(H,27,31)(H2,29,30,32). The van der Waals surface area contributed by atoms with Gasteiger partial charge in [0.25, 0.3) is 5.91 Å². The number of hydrogen-bond acceptors (Lipinski definition) is 4. The molecule has 0 bridgehead atoms. The first-order chi connectivity index (χ1) is 15.6. The topological polar surface area (TPSA) is 92.4 Å². The number of rotatable bonds is 5. The maximum atomic E-state index is 13.0. The Hall–Kier alpha value is -3.79. The van der Waals surface area contributed by atoms with Crippen molar-refractivity contribution in [3.05, 3.63) is 76.6 Å². The molecule has 3 amide bonds. The first-order valence-corrected chi connectivity index (χ1v) is 9.86. The van der Waals surface area contributed by atoms with Crippen LogP contribution in [0.3, 0.4) is 0 Å². The van der Waals surface area contributed by atoms with Crippen LogP contribution in [0.4, 0.5) is 29.3 Å². The summed E-state index contributed by atoms with van der Waals surface area (Å²) in [6, 6.07) is 10.2. The van der Waals surface area contributed by atoms with Crippen molar-refractivity contribution in [1.82, 2.24) is 10.3 Å². The number of alkyl halides is 3. The second-order valence-corrected chi connectivity index (χ2v) is 7.22. The molecule has 0 atom stereocenters. The summed E-state index contributed by atoms with van der Waals surface area (Å²) in [5.74, 6) is 0.515. The van der Waals surface area contributed by atoms with Crippen molar-refractivity contribution in [3.8, 4) is 11.5 Å². The smallest absolute Gasteiger partial charge is 0.417 e. The molecule has 0 aliphatic carbocycles. The molecule has 0 fully saturated rings. The number of anilines is 2. The van der Waals surface area contributed by atoms with E-state index in [1.54, 1.807) is 31.2 Å². The number of ether oxygens (including phenoxy) is 1. The van der Waals surface area contributed by atoms with Crippen molar-refractivity contribution >= 4 is 34.9 Å². The van der Waals surface area contributed by atoms with Crippen LogP contribution >= 0.6 is 11.6 Å². The molecule has 2 aromatic carbocycles. The molecule has 172 valence electrons. The number of pyridine rings is 1. The highest BCUT2D eigenvalue weighted by Gasteiger charge is 2.33. The van der Waals surface area contributed by atoms with Gasteiger partial charge in [-0.1, -0.05) is 11.6 Å². The van der Waals surface area contributed by atoms with Crippen LogP contribution in [-0.2, 0) is 6.18 Å². The number of benzene rings is 2. The number of nitrogens with one attached hydrogen (secondary N) is 3. The van der Waals surface area contributed by atoms with E-state index in [0.29, 0.717) is 22.7 Å². The number of aryl methyl sites for hydroxylation is 1. The number of amides is 3. The van der Waals surface area contributed by atoms with E-state index in [0.717, 1.165) is 12.1 Å². The van der Waals surface area contributed by atoms with E-state index in [1.807, 2.05) is 0 Å². The van der Waals surface area contributed by atoms with Crippen molar-refractivity contribution in [2.24, 2.45) is 0 Å². The number of aromatic nitrogens is 1. The fourth-order valence-electron chi connectivity index (χ4n) is 2.81. The van der Waals surface area contributed by atoms with Gasteiger partial charge in [0, 0.05) is 30.7 Å². The third kappa shape index (κ3) is 6.13. The molecule has 7 nitrogen and oxygen atoms in total. The van der Waals surface area contributed by atoms with Crippen molar-refractivity contribution in [2.75, 3.05) is 17.7 Å². The lowest BCUT2D eigenvalue weighted by atomic mass is 10.2. The highest BCUT2D eigenvalue weighted by Crippen LogP contribution is 2.36. The third-order valence-corrected chi connectivity index (χ3v) is 4.71. The van der Waals surface area contributed by atoms with E-state index in [4.69, 9.17) is 16.3 Å². The van der Waals surface area contributed by atoms with Crippen molar-refractivity contribution in [2.45, 2.75) is 13.1 Å². The first kappa shape index (κ1) is 23.9. The molecular formula is C22H18ClF3N4O3. The van der Waals surface area contributed by atoms with E-state index in [9.17, 15) is 22.8 Å². The lowest BCUT2D eigenvalue weighted by Gasteiger charge is -2.13. The zero-order valence-corrected chi connectivity index (χ0v) is 18.1. The normalized spacial score (nSPS) is 11.0. The Morgan fingerprint density at radius 1 is 1.00 bits per heavy atom.